The molecule has 1 aromatic carbocycles. The lowest BCUT2D eigenvalue weighted by atomic mass is 10.1. The molecule has 2 heterocycles. The van der Waals surface area contributed by atoms with Crippen LogP contribution in [-0.2, 0) is 7.05 Å². The van der Waals surface area contributed by atoms with Crippen molar-refractivity contribution in [2.45, 2.75) is 44.6 Å². The van der Waals surface area contributed by atoms with Gasteiger partial charge in [-0.25, -0.2) is 4.57 Å². The number of pyridine rings is 1. The van der Waals surface area contributed by atoms with Crippen LogP contribution in [0.15, 0.2) is 42.7 Å². The highest BCUT2D eigenvalue weighted by Gasteiger charge is 2.17. The first kappa shape index (κ1) is 25.8. The predicted molar refractivity (Wildman–Crippen MR) is 132 cm³/mol. The van der Waals surface area contributed by atoms with Gasteiger partial charge < -0.3 is 32.7 Å². The second-order valence-corrected chi connectivity index (χ2v) is 8.78. The highest BCUT2D eigenvalue weighted by atomic mass is 35.5. The molecule has 0 radical (unpaired) electrons. The Balaban J connectivity index is 0.00000324. The number of nitrogens with one attached hydrogen (secondary N) is 2. The van der Waals surface area contributed by atoms with Crippen LogP contribution in [-0.4, -0.2) is 35.2 Å². The van der Waals surface area contributed by atoms with Crippen LogP contribution in [0.4, 0.5) is 29.2 Å². The third-order valence-corrected chi connectivity index (χ3v) is 6.16. The zero-order valence-corrected chi connectivity index (χ0v) is 21.3. The number of benzene rings is 1. The van der Waals surface area contributed by atoms with Crippen LogP contribution < -0.4 is 37.2 Å². The van der Waals surface area contributed by atoms with E-state index in [1.165, 1.54) is 25.7 Å². The zero-order chi connectivity index (χ0) is 23.2. The number of ether oxygens (including phenoxy) is 1. The molecule has 0 saturated heterocycles. The number of hydrogen-bond donors (Lipinski definition) is 2. The summed E-state index contributed by atoms with van der Waals surface area (Å²) in [4.78, 5) is 16.0. The summed E-state index contributed by atoms with van der Waals surface area (Å²) in [6.07, 6.45) is 11.3. The second kappa shape index (κ2) is 12.0. The zero-order valence-electron chi connectivity index (χ0n) is 19.8. The summed E-state index contributed by atoms with van der Waals surface area (Å²) in [6.45, 7) is 0. The van der Waals surface area contributed by atoms with Crippen molar-refractivity contribution in [3.05, 3.63) is 47.7 Å². The quantitative estimate of drug-likeness (QED) is 0.377. The van der Waals surface area contributed by atoms with Crippen molar-refractivity contribution in [3.63, 3.8) is 0 Å². The fraction of sp³-hybridized carbons (Fsp3) is 0.417. The van der Waals surface area contributed by atoms with Gasteiger partial charge in [0.05, 0.1) is 17.8 Å². The summed E-state index contributed by atoms with van der Waals surface area (Å²) in [6, 6.07) is 9.91. The maximum atomic E-state index is 6.31. The number of aromatic nitrogens is 4. The van der Waals surface area contributed by atoms with Gasteiger partial charge in [0.1, 0.15) is 12.8 Å². The first-order chi connectivity index (χ1) is 16.0. The van der Waals surface area contributed by atoms with E-state index in [2.05, 4.69) is 20.6 Å². The Labute approximate surface area is 212 Å². The van der Waals surface area contributed by atoms with Gasteiger partial charge in [-0.05, 0) is 31.0 Å². The van der Waals surface area contributed by atoms with Gasteiger partial charge in [0.15, 0.2) is 12.4 Å². The fourth-order valence-electron chi connectivity index (χ4n) is 3.95. The Morgan fingerprint density at radius 2 is 1.68 bits per heavy atom. The van der Waals surface area contributed by atoms with E-state index in [0.29, 0.717) is 34.7 Å². The second-order valence-electron chi connectivity index (χ2n) is 8.37. The molecule has 2 aromatic heterocycles. The average Bonchev–Trinajstić information content (AvgIpc) is 3.08. The van der Waals surface area contributed by atoms with Gasteiger partial charge in [-0.3, -0.25) is 0 Å². The van der Waals surface area contributed by atoms with E-state index in [1.807, 2.05) is 60.2 Å². The molecule has 0 aliphatic heterocycles. The standard InChI is InChI=1S/C24H31ClN7O.ClH/c1-31-14-12-19(13-15-31)32(2)24-29-22(26-17-8-6-4-5-7-9-17)28-23(30-24)27-18-10-11-21(33-3)20(25)16-18;/h10-17H,4-9H2,1-3H3,(H2,26,27,28,29,30);1H/q+1;/p-1. The third-order valence-electron chi connectivity index (χ3n) is 5.87. The smallest absolute Gasteiger partial charge is 0.236 e. The number of halogens is 2. The van der Waals surface area contributed by atoms with Crippen molar-refractivity contribution in [1.29, 1.82) is 0 Å². The van der Waals surface area contributed by atoms with Gasteiger partial charge in [-0.15, -0.1) is 0 Å². The van der Waals surface area contributed by atoms with Gasteiger partial charge in [0, 0.05) is 30.9 Å². The first-order valence-corrected chi connectivity index (χ1v) is 11.7. The van der Waals surface area contributed by atoms with Gasteiger partial charge in [-0.2, -0.15) is 15.0 Å². The van der Waals surface area contributed by atoms with Crippen LogP contribution in [0, 0.1) is 0 Å². The molecule has 182 valence electrons. The van der Waals surface area contributed by atoms with Gasteiger partial charge in [0.2, 0.25) is 17.8 Å². The van der Waals surface area contributed by atoms with E-state index in [-0.39, 0.29) is 12.4 Å². The number of aryl methyl sites for hydroxylation is 1. The molecule has 0 bridgehead atoms. The summed E-state index contributed by atoms with van der Waals surface area (Å²) in [7, 11) is 5.54. The summed E-state index contributed by atoms with van der Waals surface area (Å²) >= 11 is 6.31. The van der Waals surface area contributed by atoms with Crippen LogP contribution in [0.1, 0.15) is 38.5 Å². The molecule has 0 amide bonds. The van der Waals surface area contributed by atoms with E-state index < -0.39 is 0 Å². The van der Waals surface area contributed by atoms with E-state index in [1.54, 1.807) is 13.2 Å². The number of hydrogen-bond acceptors (Lipinski definition) is 7. The lowest BCUT2D eigenvalue weighted by Gasteiger charge is -2.20. The van der Waals surface area contributed by atoms with Crippen LogP contribution >= 0.6 is 11.6 Å². The summed E-state index contributed by atoms with van der Waals surface area (Å²) in [5.41, 5.74) is 1.76. The lowest BCUT2D eigenvalue weighted by molar-refractivity contribution is -0.671. The molecule has 0 atom stereocenters. The highest BCUT2D eigenvalue weighted by Crippen LogP contribution is 2.29. The minimum absolute atomic E-state index is 0. The maximum Gasteiger partial charge on any atom is 0.236 e. The summed E-state index contributed by atoms with van der Waals surface area (Å²) < 4.78 is 7.24. The molecular weight excluding hydrogens is 473 g/mol. The van der Waals surface area contributed by atoms with E-state index in [4.69, 9.17) is 21.3 Å². The Morgan fingerprint density at radius 1 is 1.00 bits per heavy atom. The van der Waals surface area contributed by atoms with Crippen LogP contribution in [0.3, 0.4) is 0 Å². The third kappa shape index (κ3) is 6.61. The number of nitrogens with zero attached hydrogens (tertiary/aromatic N) is 5. The molecule has 0 spiro atoms. The molecule has 8 nitrogen and oxygen atoms in total. The van der Waals surface area contributed by atoms with Crippen molar-refractivity contribution < 1.29 is 21.7 Å². The molecule has 1 aliphatic carbocycles. The van der Waals surface area contributed by atoms with Crippen molar-refractivity contribution in [3.8, 4) is 5.75 Å². The monoisotopic (exact) mass is 503 g/mol. The van der Waals surface area contributed by atoms with Crippen molar-refractivity contribution >= 4 is 40.8 Å². The number of rotatable bonds is 7. The van der Waals surface area contributed by atoms with Crippen LogP contribution in [0.5, 0.6) is 5.75 Å². The summed E-state index contributed by atoms with van der Waals surface area (Å²) in [5.74, 6) is 2.19. The molecule has 1 saturated carbocycles. The molecule has 4 rings (SSSR count). The SMILES string of the molecule is COc1ccc(Nc2nc(NC3CCCCCC3)nc(N(C)c3cc[n+](C)cc3)n2)cc1Cl.[Cl-]. The Morgan fingerprint density at radius 3 is 2.32 bits per heavy atom. The topological polar surface area (TPSA) is 79.1 Å². The largest absolute Gasteiger partial charge is 1.00 e. The molecular formula is C24H31Cl2N7O. The Kier molecular flexibility index (Phi) is 9.12. The highest BCUT2D eigenvalue weighted by molar-refractivity contribution is 6.32. The van der Waals surface area contributed by atoms with E-state index >= 15 is 0 Å². The van der Waals surface area contributed by atoms with Gasteiger partial charge >= 0.3 is 0 Å². The van der Waals surface area contributed by atoms with Crippen LogP contribution in [0.25, 0.3) is 0 Å². The predicted octanol–water partition coefficient (Wildman–Crippen LogP) is 2.01. The van der Waals surface area contributed by atoms with E-state index in [9.17, 15) is 0 Å². The minimum atomic E-state index is 0. The minimum Gasteiger partial charge on any atom is -1.00 e. The van der Waals surface area contributed by atoms with Crippen LogP contribution in [0.2, 0.25) is 5.02 Å². The van der Waals surface area contributed by atoms with Gasteiger partial charge in [-0.1, -0.05) is 37.3 Å². The molecule has 1 aliphatic rings. The molecule has 2 N–H and O–H groups in total. The Hall–Kier alpha value is -2.84. The van der Waals surface area contributed by atoms with Crippen molar-refractivity contribution in [2.75, 3.05) is 29.7 Å². The van der Waals surface area contributed by atoms with Gasteiger partial charge in [0.25, 0.3) is 0 Å². The molecule has 3 aromatic rings. The lowest BCUT2D eigenvalue weighted by Crippen LogP contribution is -3.00. The molecule has 1 fully saturated rings. The van der Waals surface area contributed by atoms with Crippen molar-refractivity contribution in [1.82, 2.24) is 15.0 Å². The number of methoxy groups -OCH3 is 1. The fourth-order valence-corrected chi connectivity index (χ4v) is 4.20. The van der Waals surface area contributed by atoms with E-state index in [0.717, 1.165) is 24.2 Å². The molecule has 10 heteroatoms. The Bertz CT molecular complexity index is 1070. The van der Waals surface area contributed by atoms with Crippen molar-refractivity contribution in [2.24, 2.45) is 7.05 Å². The number of anilines is 5. The summed E-state index contributed by atoms with van der Waals surface area (Å²) in [5, 5.41) is 7.34. The normalized spacial score (nSPS) is 14.0. The first-order valence-electron chi connectivity index (χ1n) is 11.3. The maximum absolute atomic E-state index is 6.31. The average molecular weight is 504 g/mol. The molecule has 0 unspecified atom stereocenters. The molecule has 34 heavy (non-hydrogen) atoms.